The molecule has 1 unspecified atom stereocenters. The first-order valence-electron chi connectivity index (χ1n) is 5.93. The maximum atomic E-state index is 11.4. The third kappa shape index (κ3) is 4.83. The van der Waals surface area contributed by atoms with Gasteiger partial charge in [-0.15, -0.1) is 11.3 Å². The van der Waals surface area contributed by atoms with Crippen molar-refractivity contribution in [2.45, 2.75) is 46.2 Å². The van der Waals surface area contributed by atoms with E-state index in [2.05, 4.69) is 22.5 Å². The highest BCUT2D eigenvalue weighted by Crippen LogP contribution is 2.20. The number of amides is 1. The van der Waals surface area contributed by atoms with Crippen LogP contribution in [0.4, 0.5) is 0 Å². The summed E-state index contributed by atoms with van der Waals surface area (Å²) in [5.74, 6) is 0.0979. The van der Waals surface area contributed by atoms with Crippen molar-refractivity contribution in [1.82, 2.24) is 15.6 Å². The molecule has 0 bridgehead atoms. The molecule has 96 valence electrons. The minimum Gasteiger partial charge on any atom is -0.354 e. The molecule has 0 aromatic carbocycles. The highest BCUT2D eigenvalue weighted by atomic mass is 32.1. The summed E-state index contributed by atoms with van der Waals surface area (Å²) in [5, 5.41) is 6.21. The summed E-state index contributed by atoms with van der Waals surface area (Å²) in [6, 6.07) is 0.470. The van der Waals surface area contributed by atoms with Crippen molar-refractivity contribution in [2.24, 2.45) is 0 Å². The number of nitrogens with zero attached hydrogens (tertiary/aromatic N) is 1. The van der Waals surface area contributed by atoms with Crippen LogP contribution in [0.3, 0.4) is 0 Å². The Kier molecular flexibility index (Phi) is 5.58. The van der Waals surface area contributed by atoms with Gasteiger partial charge in [0.05, 0.1) is 11.2 Å². The summed E-state index contributed by atoms with van der Waals surface area (Å²) < 4.78 is 0. The van der Waals surface area contributed by atoms with Gasteiger partial charge in [-0.1, -0.05) is 0 Å². The average Bonchev–Trinajstić information content (AvgIpc) is 2.63. The molecular weight excluding hydrogens is 234 g/mol. The molecule has 1 aromatic heterocycles. The van der Waals surface area contributed by atoms with Crippen LogP contribution in [-0.2, 0) is 4.79 Å². The van der Waals surface area contributed by atoms with Crippen molar-refractivity contribution < 1.29 is 4.79 Å². The van der Waals surface area contributed by atoms with Crippen LogP contribution < -0.4 is 10.6 Å². The minimum atomic E-state index is 0.0979. The molecule has 0 aliphatic heterocycles. The SMILES string of the molecule is Cc1ncsc1C(C)NCCC(=O)NC(C)C. The highest BCUT2D eigenvalue weighted by molar-refractivity contribution is 7.09. The summed E-state index contributed by atoms with van der Waals surface area (Å²) in [5.41, 5.74) is 2.93. The number of carbonyl (C=O) groups excluding carboxylic acids is 1. The van der Waals surface area contributed by atoms with E-state index >= 15 is 0 Å². The average molecular weight is 255 g/mol. The molecule has 0 aliphatic rings. The van der Waals surface area contributed by atoms with Crippen molar-refractivity contribution in [3.05, 3.63) is 16.1 Å². The zero-order valence-electron chi connectivity index (χ0n) is 10.9. The van der Waals surface area contributed by atoms with E-state index in [1.54, 1.807) is 11.3 Å². The smallest absolute Gasteiger partial charge is 0.221 e. The number of aryl methyl sites for hydroxylation is 1. The van der Waals surface area contributed by atoms with Crippen molar-refractivity contribution in [1.29, 1.82) is 0 Å². The molecular formula is C12H21N3OS. The summed E-state index contributed by atoms with van der Waals surface area (Å²) >= 11 is 1.65. The number of aromatic nitrogens is 1. The summed E-state index contributed by atoms with van der Waals surface area (Å²) in [7, 11) is 0. The van der Waals surface area contributed by atoms with Gasteiger partial charge in [0.25, 0.3) is 0 Å². The van der Waals surface area contributed by atoms with Gasteiger partial charge in [0.15, 0.2) is 0 Å². The van der Waals surface area contributed by atoms with Crippen LogP contribution in [0.15, 0.2) is 5.51 Å². The molecule has 0 radical (unpaired) electrons. The molecule has 1 amide bonds. The second-order valence-corrected chi connectivity index (χ2v) is 5.34. The standard InChI is InChI=1S/C12H21N3OS/c1-8(2)15-11(16)5-6-13-9(3)12-10(4)14-7-17-12/h7-9,13H,5-6H2,1-4H3,(H,15,16). The molecule has 1 aromatic rings. The van der Waals surface area contributed by atoms with Crippen LogP contribution >= 0.6 is 11.3 Å². The Morgan fingerprint density at radius 1 is 1.47 bits per heavy atom. The van der Waals surface area contributed by atoms with E-state index < -0.39 is 0 Å². The predicted molar refractivity (Wildman–Crippen MR) is 71.2 cm³/mol. The second-order valence-electron chi connectivity index (χ2n) is 4.45. The summed E-state index contributed by atoms with van der Waals surface area (Å²) in [6.07, 6.45) is 0.514. The largest absolute Gasteiger partial charge is 0.354 e. The maximum Gasteiger partial charge on any atom is 0.221 e. The van der Waals surface area contributed by atoms with Crippen LogP contribution in [0, 0.1) is 6.92 Å². The Hall–Kier alpha value is -0.940. The van der Waals surface area contributed by atoms with Gasteiger partial charge < -0.3 is 10.6 Å². The molecule has 4 nitrogen and oxygen atoms in total. The van der Waals surface area contributed by atoms with E-state index in [0.717, 1.165) is 5.69 Å². The molecule has 1 atom stereocenters. The number of nitrogens with one attached hydrogen (secondary N) is 2. The van der Waals surface area contributed by atoms with E-state index in [1.807, 2.05) is 26.3 Å². The third-order valence-electron chi connectivity index (χ3n) is 2.43. The van der Waals surface area contributed by atoms with Gasteiger partial charge in [-0.05, 0) is 27.7 Å². The second kappa shape index (κ2) is 6.71. The molecule has 17 heavy (non-hydrogen) atoms. The Labute approximate surface area is 107 Å². The van der Waals surface area contributed by atoms with E-state index in [-0.39, 0.29) is 18.0 Å². The van der Waals surface area contributed by atoms with Gasteiger partial charge in [0.1, 0.15) is 0 Å². The van der Waals surface area contributed by atoms with Crippen LogP contribution in [0.2, 0.25) is 0 Å². The summed E-state index contributed by atoms with van der Waals surface area (Å²) in [4.78, 5) is 16.9. The molecule has 0 saturated heterocycles. The normalized spacial score (nSPS) is 12.8. The Balaban J connectivity index is 2.27. The molecule has 2 N–H and O–H groups in total. The highest BCUT2D eigenvalue weighted by Gasteiger charge is 2.11. The van der Waals surface area contributed by atoms with Gasteiger partial charge in [-0.2, -0.15) is 0 Å². The number of carbonyl (C=O) groups is 1. The molecule has 0 saturated carbocycles. The first-order chi connectivity index (χ1) is 8.00. The molecule has 0 fully saturated rings. The Morgan fingerprint density at radius 3 is 2.71 bits per heavy atom. The Bertz CT molecular complexity index is 362. The predicted octanol–water partition coefficient (Wildman–Crippen LogP) is 2.02. The fraction of sp³-hybridized carbons (Fsp3) is 0.667. The van der Waals surface area contributed by atoms with Crippen molar-refractivity contribution in [3.8, 4) is 0 Å². The van der Waals surface area contributed by atoms with E-state index in [0.29, 0.717) is 13.0 Å². The summed E-state index contributed by atoms with van der Waals surface area (Å²) in [6.45, 7) is 8.73. The van der Waals surface area contributed by atoms with Crippen LogP contribution in [0.5, 0.6) is 0 Å². The minimum absolute atomic E-state index is 0.0979. The number of rotatable bonds is 6. The van der Waals surface area contributed by atoms with E-state index in [9.17, 15) is 4.79 Å². The van der Waals surface area contributed by atoms with E-state index in [1.165, 1.54) is 4.88 Å². The molecule has 5 heteroatoms. The molecule has 1 heterocycles. The van der Waals surface area contributed by atoms with Crippen LogP contribution in [0.25, 0.3) is 0 Å². The zero-order chi connectivity index (χ0) is 12.8. The van der Waals surface area contributed by atoms with E-state index in [4.69, 9.17) is 0 Å². The van der Waals surface area contributed by atoms with Crippen molar-refractivity contribution in [3.63, 3.8) is 0 Å². The quantitative estimate of drug-likeness (QED) is 0.817. The van der Waals surface area contributed by atoms with Gasteiger partial charge in [-0.25, -0.2) is 4.98 Å². The van der Waals surface area contributed by atoms with Crippen molar-refractivity contribution >= 4 is 17.2 Å². The molecule has 0 aliphatic carbocycles. The number of thiazole rings is 1. The lowest BCUT2D eigenvalue weighted by Gasteiger charge is -2.13. The fourth-order valence-corrected chi connectivity index (χ4v) is 2.45. The fourth-order valence-electron chi connectivity index (χ4n) is 1.62. The van der Waals surface area contributed by atoms with Gasteiger partial charge in [-0.3, -0.25) is 4.79 Å². The monoisotopic (exact) mass is 255 g/mol. The first kappa shape index (κ1) is 14.1. The lowest BCUT2D eigenvalue weighted by Crippen LogP contribution is -2.33. The zero-order valence-corrected chi connectivity index (χ0v) is 11.7. The lowest BCUT2D eigenvalue weighted by atomic mass is 10.2. The van der Waals surface area contributed by atoms with Crippen LogP contribution in [-0.4, -0.2) is 23.5 Å². The van der Waals surface area contributed by atoms with Gasteiger partial charge >= 0.3 is 0 Å². The van der Waals surface area contributed by atoms with Gasteiger partial charge in [0, 0.05) is 29.9 Å². The van der Waals surface area contributed by atoms with Gasteiger partial charge in [0.2, 0.25) is 5.91 Å². The first-order valence-corrected chi connectivity index (χ1v) is 6.81. The topological polar surface area (TPSA) is 54.0 Å². The third-order valence-corrected chi connectivity index (χ3v) is 3.54. The molecule has 0 spiro atoms. The Morgan fingerprint density at radius 2 is 2.18 bits per heavy atom. The maximum absolute atomic E-state index is 11.4. The molecule has 1 rings (SSSR count). The number of hydrogen-bond donors (Lipinski definition) is 2. The van der Waals surface area contributed by atoms with Crippen molar-refractivity contribution in [2.75, 3.05) is 6.54 Å². The lowest BCUT2D eigenvalue weighted by molar-refractivity contribution is -0.121. The number of hydrogen-bond acceptors (Lipinski definition) is 4. The van der Waals surface area contributed by atoms with Crippen LogP contribution in [0.1, 0.15) is 43.8 Å².